The van der Waals surface area contributed by atoms with Crippen LogP contribution in [-0.4, -0.2) is 27.4 Å². The van der Waals surface area contributed by atoms with Crippen molar-refractivity contribution in [1.82, 2.24) is 9.78 Å². The summed E-state index contributed by atoms with van der Waals surface area (Å²) in [5.41, 5.74) is -0.335. The van der Waals surface area contributed by atoms with Crippen LogP contribution in [-0.2, 0) is 23.0 Å². The van der Waals surface area contributed by atoms with E-state index in [2.05, 4.69) is 15.7 Å². The first-order chi connectivity index (χ1) is 14.5. The Hall–Kier alpha value is -3.75. The van der Waals surface area contributed by atoms with Gasteiger partial charge in [-0.3, -0.25) is 14.9 Å². The van der Waals surface area contributed by atoms with E-state index in [4.69, 9.17) is 4.74 Å². The van der Waals surface area contributed by atoms with Gasteiger partial charge in [-0.25, -0.2) is 13.9 Å². The molecular weight excluding hydrogens is 403 g/mol. The number of carbonyl (C=O) groups excluding carboxylic acids is 2. The minimum absolute atomic E-state index is 0.0741. The molecule has 1 heterocycles. The number of nitrogens with zero attached hydrogens (tertiary/aromatic N) is 2. The molecule has 3 aromatic rings. The summed E-state index contributed by atoms with van der Waals surface area (Å²) < 4.78 is 20.2. The van der Waals surface area contributed by atoms with Gasteiger partial charge >= 0.3 is 6.09 Å². The zero-order valence-corrected chi connectivity index (χ0v) is 17.7. The maximum absolute atomic E-state index is 13.8. The third-order valence-corrected chi connectivity index (χ3v) is 4.25. The third-order valence-electron chi connectivity index (χ3n) is 4.25. The summed E-state index contributed by atoms with van der Waals surface area (Å²) in [5, 5.41) is 10.3. The van der Waals surface area contributed by atoms with Crippen LogP contribution in [0.25, 0.3) is 10.8 Å². The van der Waals surface area contributed by atoms with E-state index in [0.29, 0.717) is 16.5 Å². The van der Waals surface area contributed by atoms with Gasteiger partial charge in [0.05, 0.1) is 28.9 Å². The highest BCUT2D eigenvalue weighted by molar-refractivity contribution is 5.99. The van der Waals surface area contributed by atoms with Gasteiger partial charge in [0.25, 0.3) is 5.56 Å². The quantitative estimate of drug-likeness (QED) is 0.664. The average molecular weight is 426 g/mol. The van der Waals surface area contributed by atoms with E-state index in [1.807, 2.05) is 0 Å². The lowest BCUT2D eigenvalue weighted by Gasteiger charge is -2.20. The lowest BCUT2D eigenvalue weighted by molar-refractivity contribution is -0.115. The Bertz CT molecular complexity index is 1210. The molecule has 0 atom stereocenters. The fraction of sp³-hybridized carbons (Fsp3) is 0.273. The number of ether oxygens (including phenoxy) is 1. The highest BCUT2D eigenvalue weighted by atomic mass is 19.1. The largest absolute Gasteiger partial charge is 0.444 e. The van der Waals surface area contributed by atoms with E-state index in [-0.39, 0.29) is 23.4 Å². The summed E-state index contributed by atoms with van der Waals surface area (Å²) in [4.78, 5) is 37.0. The van der Waals surface area contributed by atoms with Gasteiger partial charge in [-0.1, -0.05) is 18.2 Å². The fourth-order valence-electron chi connectivity index (χ4n) is 3.00. The molecule has 2 N–H and O–H groups in total. The first-order valence-corrected chi connectivity index (χ1v) is 9.58. The Morgan fingerprint density at radius 2 is 1.74 bits per heavy atom. The van der Waals surface area contributed by atoms with Crippen molar-refractivity contribution >= 4 is 34.1 Å². The molecule has 0 unspecified atom stereocenters. The summed E-state index contributed by atoms with van der Waals surface area (Å²) in [5.74, 6) is -1.08. The number of halogens is 1. The number of nitrogens with one attached hydrogen (secondary N) is 2. The van der Waals surface area contributed by atoms with Crippen LogP contribution in [0.5, 0.6) is 0 Å². The van der Waals surface area contributed by atoms with Gasteiger partial charge in [-0.2, -0.15) is 5.10 Å². The number of benzene rings is 2. The number of amides is 2. The Labute approximate surface area is 178 Å². The minimum atomic E-state index is -0.736. The van der Waals surface area contributed by atoms with Crippen LogP contribution in [0.2, 0.25) is 0 Å². The zero-order chi connectivity index (χ0) is 22.8. The van der Waals surface area contributed by atoms with Crippen molar-refractivity contribution in [1.29, 1.82) is 0 Å². The number of carbonyl (C=O) groups is 2. The molecule has 0 fully saturated rings. The molecule has 8 nitrogen and oxygen atoms in total. The molecule has 0 saturated heterocycles. The topological polar surface area (TPSA) is 102 Å². The number of hydrogen-bond donors (Lipinski definition) is 2. The molecule has 0 aliphatic heterocycles. The maximum atomic E-state index is 13.8. The number of hydrogen-bond acceptors (Lipinski definition) is 5. The lowest BCUT2D eigenvalue weighted by Crippen LogP contribution is -2.28. The Morgan fingerprint density at radius 3 is 2.42 bits per heavy atom. The van der Waals surface area contributed by atoms with Crippen LogP contribution < -0.4 is 16.2 Å². The number of aryl methyl sites for hydroxylation is 1. The van der Waals surface area contributed by atoms with E-state index in [1.54, 1.807) is 45.0 Å². The van der Waals surface area contributed by atoms with Gasteiger partial charge < -0.3 is 10.1 Å². The summed E-state index contributed by atoms with van der Waals surface area (Å²) in [6.45, 7) is 5.14. The minimum Gasteiger partial charge on any atom is -0.444 e. The lowest BCUT2D eigenvalue weighted by atomic mass is 10.1. The number of rotatable bonds is 4. The third kappa shape index (κ3) is 5.44. The summed E-state index contributed by atoms with van der Waals surface area (Å²) in [7, 11) is 1.51. The molecule has 9 heteroatoms. The van der Waals surface area contributed by atoms with Crippen molar-refractivity contribution < 1.29 is 18.7 Å². The Morgan fingerprint density at radius 1 is 1.06 bits per heavy atom. The fourth-order valence-corrected chi connectivity index (χ4v) is 3.00. The molecule has 0 radical (unpaired) electrons. The van der Waals surface area contributed by atoms with Crippen molar-refractivity contribution in [2.24, 2.45) is 7.05 Å². The Balaban J connectivity index is 1.84. The average Bonchev–Trinajstić information content (AvgIpc) is 2.66. The van der Waals surface area contributed by atoms with Gasteiger partial charge in [0.15, 0.2) is 0 Å². The van der Waals surface area contributed by atoms with Crippen molar-refractivity contribution in [2.45, 2.75) is 32.8 Å². The molecule has 0 saturated carbocycles. The SMILES string of the molecule is Cn1nc(CC(=O)Nc2cc(F)ccc2NC(=O)OC(C)(C)C)c2ccccc2c1=O. The molecule has 3 rings (SSSR count). The predicted molar refractivity (Wildman–Crippen MR) is 116 cm³/mol. The second-order valence-electron chi connectivity index (χ2n) is 7.96. The number of fused-ring (bicyclic) bond motifs is 1. The first-order valence-electron chi connectivity index (χ1n) is 9.58. The van der Waals surface area contributed by atoms with Crippen LogP contribution in [0, 0.1) is 5.82 Å². The molecule has 2 amide bonds. The van der Waals surface area contributed by atoms with Crippen molar-refractivity contribution in [3.8, 4) is 0 Å². The smallest absolute Gasteiger partial charge is 0.412 e. The van der Waals surface area contributed by atoms with Crippen LogP contribution >= 0.6 is 0 Å². The van der Waals surface area contributed by atoms with Crippen molar-refractivity contribution in [3.05, 3.63) is 64.3 Å². The molecule has 0 bridgehead atoms. The van der Waals surface area contributed by atoms with Gasteiger partial charge in [-0.05, 0) is 45.0 Å². The molecular formula is C22H23FN4O4. The molecule has 0 aliphatic carbocycles. The van der Waals surface area contributed by atoms with Gasteiger partial charge in [-0.15, -0.1) is 0 Å². The van der Waals surface area contributed by atoms with Gasteiger partial charge in [0.1, 0.15) is 11.4 Å². The molecule has 2 aromatic carbocycles. The van der Waals surface area contributed by atoms with Gasteiger partial charge in [0, 0.05) is 12.4 Å². The van der Waals surface area contributed by atoms with Crippen LogP contribution in [0.3, 0.4) is 0 Å². The summed E-state index contributed by atoms with van der Waals surface area (Å²) in [6.07, 6.45) is -0.892. The highest BCUT2D eigenvalue weighted by Crippen LogP contribution is 2.24. The normalized spacial score (nSPS) is 11.3. The monoisotopic (exact) mass is 426 g/mol. The van der Waals surface area contributed by atoms with Crippen molar-refractivity contribution in [3.63, 3.8) is 0 Å². The standard InChI is InChI=1S/C22H23FN4O4/c1-22(2,3)31-21(30)25-16-10-9-13(23)11-18(16)24-19(28)12-17-14-7-5-6-8-15(14)20(29)27(4)26-17/h5-11H,12H2,1-4H3,(H,24,28)(H,25,30). The van der Waals surface area contributed by atoms with Crippen LogP contribution in [0.15, 0.2) is 47.3 Å². The summed E-state index contributed by atoms with van der Waals surface area (Å²) >= 11 is 0. The molecule has 162 valence electrons. The predicted octanol–water partition coefficient (Wildman–Crippen LogP) is 3.60. The number of aromatic nitrogens is 2. The van der Waals surface area contributed by atoms with Crippen molar-refractivity contribution in [2.75, 3.05) is 10.6 Å². The van der Waals surface area contributed by atoms with E-state index >= 15 is 0 Å². The molecule has 1 aromatic heterocycles. The highest BCUT2D eigenvalue weighted by Gasteiger charge is 2.19. The van der Waals surface area contributed by atoms with E-state index in [1.165, 1.54) is 17.8 Å². The molecule has 31 heavy (non-hydrogen) atoms. The second-order valence-corrected chi connectivity index (χ2v) is 7.96. The van der Waals surface area contributed by atoms with E-state index < -0.39 is 23.4 Å². The summed E-state index contributed by atoms with van der Waals surface area (Å²) in [6, 6.07) is 10.4. The van der Waals surface area contributed by atoms with Crippen LogP contribution in [0.1, 0.15) is 26.5 Å². The Kier molecular flexibility index (Phi) is 6.05. The zero-order valence-electron chi connectivity index (χ0n) is 17.7. The number of anilines is 2. The second kappa shape index (κ2) is 8.55. The molecule has 0 spiro atoms. The van der Waals surface area contributed by atoms with E-state index in [9.17, 15) is 18.8 Å². The van der Waals surface area contributed by atoms with E-state index in [0.717, 1.165) is 12.1 Å². The maximum Gasteiger partial charge on any atom is 0.412 e. The first kappa shape index (κ1) is 21.9. The van der Waals surface area contributed by atoms with Crippen LogP contribution in [0.4, 0.5) is 20.6 Å². The van der Waals surface area contributed by atoms with Gasteiger partial charge in [0.2, 0.25) is 5.91 Å². The molecule has 0 aliphatic rings.